The first-order valence-corrected chi connectivity index (χ1v) is 15.6. The number of hydrogen-bond acceptors (Lipinski definition) is 9. The van der Waals surface area contributed by atoms with Gasteiger partial charge < -0.3 is 18.9 Å². The lowest BCUT2D eigenvalue weighted by Gasteiger charge is -2.40. The molecule has 0 spiro atoms. The molecule has 1 saturated heterocycles. The van der Waals surface area contributed by atoms with E-state index in [0.29, 0.717) is 25.6 Å². The molecule has 2 aromatic heterocycles. The minimum Gasteiger partial charge on any atom is -0.496 e. The van der Waals surface area contributed by atoms with Crippen LogP contribution in [0, 0.1) is 6.92 Å². The SMILES string of the molecule is COc1cc(C)c2c(ccn2C(=O)OC(C)(C)C)c1CN1CC[C@H]2C[C@H]1c1ccc(-c3nn[nH]n3)cc1OCCC/C=C\CO2. The number of tetrazole rings is 1. The van der Waals surface area contributed by atoms with E-state index in [2.05, 4.69) is 43.7 Å². The number of ether oxygens (including phenoxy) is 4. The predicted octanol–water partition coefficient (Wildman–Crippen LogP) is 6.37. The highest BCUT2D eigenvalue weighted by atomic mass is 16.6. The summed E-state index contributed by atoms with van der Waals surface area (Å²) in [4.78, 5) is 15.7. The Morgan fingerprint density at radius 1 is 1.18 bits per heavy atom. The van der Waals surface area contributed by atoms with Gasteiger partial charge >= 0.3 is 6.09 Å². The van der Waals surface area contributed by atoms with Crippen LogP contribution in [0.5, 0.6) is 11.5 Å². The van der Waals surface area contributed by atoms with Gasteiger partial charge in [0.2, 0.25) is 5.82 Å². The summed E-state index contributed by atoms with van der Waals surface area (Å²) in [5.74, 6) is 2.13. The van der Waals surface area contributed by atoms with Crippen LogP contribution in [-0.4, -0.2) is 74.8 Å². The third kappa shape index (κ3) is 6.74. The van der Waals surface area contributed by atoms with Gasteiger partial charge in [-0.15, -0.1) is 10.2 Å². The maximum atomic E-state index is 13.2. The summed E-state index contributed by atoms with van der Waals surface area (Å²) in [5.41, 5.74) is 4.12. The molecule has 238 valence electrons. The summed E-state index contributed by atoms with van der Waals surface area (Å²) in [5, 5.41) is 15.6. The van der Waals surface area contributed by atoms with Crippen LogP contribution in [0.3, 0.4) is 0 Å². The summed E-state index contributed by atoms with van der Waals surface area (Å²) in [7, 11) is 1.70. The molecule has 0 radical (unpaired) electrons. The van der Waals surface area contributed by atoms with Gasteiger partial charge in [0.25, 0.3) is 0 Å². The van der Waals surface area contributed by atoms with Crippen LogP contribution < -0.4 is 9.47 Å². The van der Waals surface area contributed by atoms with Crippen molar-refractivity contribution in [2.45, 2.75) is 77.7 Å². The molecule has 2 aromatic carbocycles. The van der Waals surface area contributed by atoms with E-state index in [1.54, 1.807) is 17.9 Å². The number of methoxy groups -OCH3 is 1. The number of nitrogens with one attached hydrogen (secondary N) is 1. The molecule has 0 aliphatic carbocycles. The first-order chi connectivity index (χ1) is 21.7. The molecular formula is C34H42N6O5. The number of H-pyrrole nitrogens is 1. The molecule has 11 heteroatoms. The van der Waals surface area contributed by atoms with Crippen molar-refractivity contribution in [2.24, 2.45) is 0 Å². The zero-order valence-electron chi connectivity index (χ0n) is 26.7. The number of carbonyl (C=O) groups excluding carboxylic acids is 1. The number of benzene rings is 2. The first kappa shape index (κ1) is 30.8. The summed E-state index contributed by atoms with van der Waals surface area (Å²) in [6.45, 7) is 10.2. The fourth-order valence-corrected chi connectivity index (χ4v) is 6.34. The van der Waals surface area contributed by atoms with Crippen LogP contribution in [0.15, 0.2) is 48.7 Å². The number of hydrogen-bond donors (Lipinski definition) is 1. The molecule has 1 fully saturated rings. The standard InChI is InChI=1S/C34H42N6O5/c1-22-18-29(42-5)27(25-13-15-40(31(22)25)33(41)45-34(2,3)4)21-39-14-12-24-20-28(39)26-11-10-23(32-35-37-38-36-32)19-30(26)44-17-9-7-6-8-16-43-24/h6,8,10-11,13,15,18-19,24,28H,7,9,12,14,16-17,20-21H2,1-5H3,(H,35,36,37,38)/b8-6-/t24-,28-/m0/s1. The third-order valence-corrected chi connectivity index (χ3v) is 8.41. The van der Waals surface area contributed by atoms with Crippen LogP contribution in [0.2, 0.25) is 0 Å². The topological polar surface area (TPSA) is 117 Å². The smallest absolute Gasteiger partial charge is 0.419 e. The number of carbonyl (C=O) groups is 1. The number of aromatic amines is 1. The molecule has 1 N–H and O–H groups in total. The summed E-state index contributed by atoms with van der Waals surface area (Å²) in [6.07, 6.45) is 9.32. The zero-order valence-corrected chi connectivity index (χ0v) is 26.7. The molecule has 2 aliphatic heterocycles. The molecule has 2 atom stereocenters. The van der Waals surface area contributed by atoms with E-state index in [1.807, 2.05) is 52.0 Å². The van der Waals surface area contributed by atoms with E-state index in [-0.39, 0.29) is 12.1 Å². The monoisotopic (exact) mass is 614 g/mol. The maximum absolute atomic E-state index is 13.2. The van der Waals surface area contributed by atoms with Gasteiger partial charge in [0, 0.05) is 47.4 Å². The molecule has 0 unspecified atom stereocenters. The van der Waals surface area contributed by atoms with Gasteiger partial charge in [0.15, 0.2) is 0 Å². The molecular weight excluding hydrogens is 572 g/mol. The summed E-state index contributed by atoms with van der Waals surface area (Å²) >= 11 is 0. The number of fused-ring (bicyclic) bond motifs is 5. The van der Waals surface area contributed by atoms with E-state index in [9.17, 15) is 4.79 Å². The van der Waals surface area contributed by atoms with Gasteiger partial charge in [-0.3, -0.25) is 9.47 Å². The summed E-state index contributed by atoms with van der Waals surface area (Å²) in [6, 6.07) is 10.2. The van der Waals surface area contributed by atoms with Gasteiger partial charge in [-0.25, -0.2) is 4.79 Å². The van der Waals surface area contributed by atoms with Crippen LogP contribution >= 0.6 is 0 Å². The van der Waals surface area contributed by atoms with E-state index in [4.69, 9.17) is 18.9 Å². The number of aryl methyl sites for hydroxylation is 1. The van der Waals surface area contributed by atoms with Crippen molar-refractivity contribution in [1.82, 2.24) is 30.1 Å². The Morgan fingerprint density at radius 2 is 2.04 bits per heavy atom. The molecule has 45 heavy (non-hydrogen) atoms. The van der Waals surface area contributed by atoms with Crippen LogP contribution in [0.4, 0.5) is 4.79 Å². The van der Waals surface area contributed by atoms with Crippen LogP contribution in [0.25, 0.3) is 22.3 Å². The molecule has 2 aliphatic rings. The Morgan fingerprint density at radius 3 is 2.82 bits per heavy atom. The summed E-state index contributed by atoms with van der Waals surface area (Å²) < 4.78 is 26.1. The fraction of sp³-hybridized carbons (Fsp3) is 0.471. The highest BCUT2D eigenvalue weighted by Crippen LogP contribution is 2.42. The zero-order chi connectivity index (χ0) is 31.6. The van der Waals surface area contributed by atoms with Crippen molar-refractivity contribution in [3.63, 3.8) is 0 Å². The largest absolute Gasteiger partial charge is 0.496 e. The normalized spacial score (nSPS) is 20.3. The maximum Gasteiger partial charge on any atom is 0.419 e. The molecule has 4 heterocycles. The van der Waals surface area contributed by atoms with E-state index < -0.39 is 11.7 Å². The van der Waals surface area contributed by atoms with Crippen molar-refractivity contribution >= 4 is 17.0 Å². The van der Waals surface area contributed by atoms with Crippen molar-refractivity contribution in [2.75, 3.05) is 26.9 Å². The Kier molecular flexibility index (Phi) is 8.91. The van der Waals surface area contributed by atoms with Gasteiger partial charge in [0.05, 0.1) is 31.9 Å². The van der Waals surface area contributed by atoms with Crippen molar-refractivity contribution in [1.29, 1.82) is 0 Å². The number of rotatable bonds is 4. The predicted molar refractivity (Wildman–Crippen MR) is 170 cm³/mol. The second-order valence-corrected chi connectivity index (χ2v) is 12.7. The Bertz CT molecular complexity index is 1670. The Labute approximate surface area is 263 Å². The average Bonchev–Trinajstić information content (AvgIpc) is 3.71. The second-order valence-electron chi connectivity index (χ2n) is 12.7. The van der Waals surface area contributed by atoms with Gasteiger partial charge in [0.1, 0.15) is 17.1 Å². The van der Waals surface area contributed by atoms with Crippen molar-refractivity contribution in [3.8, 4) is 22.9 Å². The average molecular weight is 615 g/mol. The highest BCUT2D eigenvalue weighted by molar-refractivity contribution is 5.95. The van der Waals surface area contributed by atoms with E-state index >= 15 is 0 Å². The van der Waals surface area contributed by atoms with Gasteiger partial charge in [-0.1, -0.05) is 24.3 Å². The molecule has 4 aromatic rings. The Balaban J connectivity index is 1.40. The number of likely N-dealkylation sites (tertiary alicyclic amines) is 1. The third-order valence-electron chi connectivity index (χ3n) is 8.41. The molecule has 0 amide bonds. The minimum absolute atomic E-state index is 0.0109. The van der Waals surface area contributed by atoms with Gasteiger partial charge in [-0.2, -0.15) is 5.21 Å². The van der Waals surface area contributed by atoms with Gasteiger partial charge in [-0.05, 0) is 82.4 Å². The first-order valence-electron chi connectivity index (χ1n) is 15.6. The Hall–Kier alpha value is -4.22. The fourth-order valence-electron chi connectivity index (χ4n) is 6.34. The second kappa shape index (κ2) is 13.0. The number of piperidine rings is 1. The van der Waals surface area contributed by atoms with Crippen LogP contribution in [-0.2, 0) is 16.0 Å². The number of aromatic nitrogens is 5. The van der Waals surface area contributed by atoms with Crippen LogP contribution in [0.1, 0.15) is 69.2 Å². The lowest BCUT2D eigenvalue weighted by molar-refractivity contribution is -0.00830. The van der Waals surface area contributed by atoms with Crippen molar-refractivity contribution in [3.05, 3.63) is 65.4 Å². The lowest BCUT2D eigenvalue weighted by atomic mass is 9.90. The molecule has 0 saturated carbocycles. The number of allylic oxidation sites excluding steroid dienone is 1. The lowest BCUT2D eigenvalue weighted by Crippen LogP contribution is -2.39. The van der Waals surface area contributed by atoms with Crippen molar-refractivity contribution < 1.29 is 23.7 Å². The van der Waals surface area contributed by atoms with E-state index in [1.165, 1.54) is 0 Å². The minimum atomic E-state index is -0.606. The van der Waals surface area contributed by atoms with E-state index in [0.717, 1.165) is 76.9 Å². The molecule has 6 rings (SSSR count). The molecule has 2 bridgehead atoms. The number of nitrogens with zero attached hydrogens (tertiary/aromatic N) is 5. The molecule has 11 nitrogen and oxygen atoms in total. The quantitative estimate of drug-likeness (QED) is 0.262. The highest BCUT2D eigenvalue weighted by Gasteiger charge is 2.34.